The molecular weight excluding hydrogens is 103 g/mol. The van der Waals surface area contributed by atoms with Crippen molar-refractivity contribution in [3.05, 3.63) is 0 Å². The number of rotatable bonds is 2. The van der Waals surface area contributed by atoms with E-state index in [1.54, 1.807) is 13.8 Å². The molecule has 0 spiro atoms. The van der Waals surface area contributed by atoms with Crippen molar-refractivity contribution in [3.8, 4) is 0 Å². The number of hydrogen-bond acceptors (Lipinski definition) is 2. The quantitative estimate of drug-likeness (QED) is 0.448. The average Bonchev–Trinajstić information content (AvgIpc) is 1.68. The van der Waals surface area contributed by atoms with E-state index >= 15 is 0 Å². The summed E-state index contributed by atoms with van der Waals surface area (Å²) in [4.78, 5) is 0. The van der Waals surface area contributed by atoms with E-state index < -0.39 is 0 Å². The highest BCUT2D eigenvalue weighted by atomic mass is 16.3. The van der Waals surface area contributed by atoms with Crippen molar-refractivity contribution >= 4 is 8.41 Å². The van der Waals surface area contributed by atoms with Crippen molar-refractivity contribution in [2.24, 2.45) is 5.41 Å². The van der Waals surface area contributed by atoms with E-state index in [0.717, 1.165) is 0 Å². The Bertz CT molecular complexity index is 48.4. The van der Waals surface area contributed by atoms with Gasteiger partial charge < -0.3 is 10.2 Å². The third kappa shape index (κ3) is 4.15. The van der Waals surface area contributed by atoms with Gasteiger partial charge in [-0.3, -0.25) is 0 Å². The molecule has 2 N–H and O–H groups in total. The molecule has 0 aliphatic heterocycles. The first-order valence-corrected chi connectivity index (χ1v) is 2.34. The summed E-state index contributed by atoms with van der Waals surface area (Å²) in [5.74, 6) is 0. The van der Waals surface area contributed by atoms with E-state index in [0.29, 0.717) is 0 Å². The van der Waals surface area contributed by atoms with Crippen molar-refractivity contribution in [1.82, 2.24) is 0 Å². The predicted octanol–water partition coefficient (Wildman–Crippen LogP) is -1.19. The molecule has 0 amide bonds. The van der Waals surface area contributed by atoms with Gasteiger partial charge in [-0.25, -0.2) is 0 Å². The van der Waals surface area contributed by atoms with Crippen LogP contribution in [0.15, 0.2) is 0 Å². The maximum absolute atomic E-state index is 8.43. The van der Waals surface area contributed by atoms with Crippen molar-refractivity contribution < 1.29 is 10.2 Å². The fourth-order valence-electron chi connectivity index (χ4n) is 0.0500. The van der Waals surface area contributed by atoms with Crippen LogP contribution in [0, 0.1) is 5.41 Å². The first-order chi connectivity index (χ1) is 3.12. The van der Waals surface area contributed by atoms with Crippen molar-refractivity contribution in [3.63, 3.8) is 0 Å². The zero-order chi connectivity index (χ0) is 5.91. The molecule has 0 heterocycles. The lowest BCUT2D eigenvalue weighted by atomic mass is 9.97. The lowest BCUT2D eigenvalue weighted by molar-refractivity contribution is 0.0857. The molecule has 0 aliphatic rings. The molecule has 50 valence electrons. The Morgan fingerprint density at radius 2 is 1.38 bits per heavy atom. The molecule has 0 aromatic heterocycles. The minimum atomic E-state index is -0.306. The zero-order valence-electron chi connectivity index (χ0n) is 4.81. The average molecular weight is 118 g/mol. The summed E-state index contributed by atoms with van der Waals surface area (Å²) in [6, 6.07) is 0. The molecule has 0 radical (unpaired) electrons. The number of aliphatic hydroxyl groups excluding tert-OH is 2. The highest BCUT2D eigenvalue weighted by Crippen LogP contribution is 2.10. The summed E-state index contributed by atoms with van der Waals surface area (Å²) < 4.78 is 0. The molecular formula is C5H15BO2. The van der Waals surface area contributed by atoms with Crippen LogP contribution >= 0.6 is 0 Å². The van der Waals surface area contributed by atoms with Crippen molar-refractivity contribution in [2.45, 2.75) is 13.8 Å². The highest BCUT2D eigenvalue weighted by molar-refractivity contribution is 5.75. The minimum Gasteiger partial charge on any atom is -0.396 e. The number of hydrogen-bond donors (Lipinski definition) is 2. The van der Waals surface area contributed by atoms with Gasteiger partial charge in [-0.15, -0.1) is 0 Å². The second-order valence-corrected chi connectivity index (χ2v) is 2.48. The molecule has 3 heteroatoms. The Hall–Kier alpha value is -0.0151. The molecule has 0 fully saturated rings. The standard InChI is InChI=1S/C5H12O2.BH3/c1-5(2,3-6)4-7;/h6-7H,3-4H2,1-2H3;1H3. The van der Waals surface area contributed by atoms with Gasteiger partial charge in [0.1, 0.15) is 0 Å². The Morgan fingerprint density at radius 3 is 1.38 bits per heavy atom. The van der Waals surface area contributed by atoms with Gasteiger partial charge in [0.2, 0.25) is 0 Å². The summed E-state index contributed by atoms with van der Waals surface area (Å²) in [6.45, 7) is 3.69. The molecule has 0 aliphatic carbocycles. The molecule has 0 unspecified atom stereocenters. The summed E-state index contributed by atoms with van der Waals surface area (Å²) in [6.07, 6.45) is 0. The van der Waals surface area contributed by atoms with Crippen LogP contribution in [-0.4, -0.2) is 31.8 Å². The lowest BCUT2D eigenvalue weighted by Crippen LogP contribution is -2.20. The molecule has 0 aromatic rings. The fourth-order valence-corrected chi connectivity index (χ4v) is 0.0500. The van der Waals surface area contributed by atoms with Crippen LogP contribution in [0.5, 0.6) is 0 Å². The summed E-state index contributed by atoms with van der Waals surface area (Å²) in [5.41, 5.74) is -0.306. The van der Waals surface area contributed by atoms with Crippen LogP contribution in [-0.2, 0) is 0 Å². The van der Waals surface area contributed by atoms with Gasteiger partial charge in [-0.2, -0.15) is 0 Å². The SMILES string of the molecule is B.CC(C)(CO)CO. The van der Waals surface area contributed by atoms with Gasteiger partial charge in [-0.05, 0) is 0 Å². The summed E-state index contributed by atoms with van der Waals surface area (Å²) in [7, 11) is 0. The molecule has 0 aromatic carbocycles. The Balaban J connectivity index is 0. The molecule has 0 atom stereocenters. The van der Waals surface area contributed by atoms with E-state index in [-0.39, 0.29) is 27.0 Å². The van der Waals surface area contributed by atoms with Crippen LogP contribution in [0.25, 0.3) is 0 Å². The van der Waals surface area contributed by atoms with Crippen LogP contribution in [0.3, 0.4) is 0 Å². The van der Waals surface area contributed by atoms with Crippen LogP contribution in [0.4, 0.5) is 0 Å². The topological polar surface area (TPSA) is 40.5 Å². The summed E-state index contributed by atoms with van der Waals surface area (Å²) in [5, 5.41) is 16.9. The van der Waals surface area contributed by atoms with Gasteiger partial charge in [0.05, 0.1) is 21.6 Å². The van der Waals surface area contributed by atoms with Crippen LogP contribution in [0.2, 0.25) is 0 Å². The van der Waals surface area contributed by atoms with Gasteiger partial charge in [0.15, 0.2) is 0 Å². The maximum Gasteiger partial charge on any atom is 0.0814 e. The molecule has 2 nitrogen and oxygen atoms in total. The molecule has 8 heavy (non-hydrogen) atoms. The highest BCUT2D eigenvalue weighted by Gasteiger charge is 2.13. The third-order valence-electron chi connectivity index (χ3n) is 0.856. The van der Waals surface area contributed by atoms with Crippen molar-refractivity contribution in [2.75, 3.05) is 13.2 Å². The van der Waals surface area contributed by atoms with Gasteiger partial charge in [0.25, 0.3) is 0 Å². The zero-order valence-corrected chi connectivity index (χ0v) is 4.81. The van der Waals surface area contributed by atoms with Crippen LogP contribution in [0.1, 0.15) is 13.8 Å². The van der Waals surface area contributed by atoms with Gasteiger partial charge >= 0.3 is 0 Å². The Labute approximate surface area is 52.1 Å². The Morgan fingerprint density at radius 1 is 1.12 bits per heavy atom. The monoisotopic (exact) mass is 118 g/mol. The maximum atomic E-state index is 8.43. The van der Waals surface area contributed by atoms with Gasteiger partial charge in [-0.1, -0.05) is 13.8 Å². The minimum absolute atomic E-state index is 0. The molecule has 0 bridgehead atoms. The summed E-state index contributed by atoms with van der Waals surface area (Å²) >= 11 is 0. The largest absolute Gasteiger partial charge is 0.396 e. The first kappa shape index (κ1) is 10.9. The molecule has 0 saturated heterocycles. The van der Waals surface area contributed by atoms with Crippen LogP contribution < -0.4 is 0 Å². The van der Waals surface area contributed by atoms with E-state index in [9.17, 15) is 0 Å². The second kappa shape index (κ2) is 3.92. The first-order valence-electron chi connectivity index (χ1n) is 2.34. The van der Waals surface area contributed by atoms with E-state index in [2.05, 4.69) is 0 Å². The lowest BCUT2D eigenvalue weighted by Gasteiger charge is -2.16. The smallest absolute Gasteiger partial charge is 0.0814 e. The second-order valence-electron chi connectivity index (χ2n) is 2.48. The third-order valence-corrected chi connectivity index (χ3v) is 0.856. The molecule has 0 saturated carbocycles. The van der Waals surface area contributed by atoms with E-state index in [1.165, 1.54) is 0 Å². The normalized spacial score (nSPS) is 10.5. The van der Waals surface area contributed by atoms with E-state index in [4.69, 9.17) is 10.2 Å². The fraction of sp³-hybridized carbons (Fsp3) is 1.00. The Kier molecular flexibility index (Phi) is 5.33. The number of aliphatic hydroxyl groups is 2. The van der Waals surface area contributed by atoms with Crippen molar-refractivity contribution in [1.29, 1.82) is 0 Å². The van der Waals surface area contributed by atoms with Gasteiger partial charge in [0, 0.05) is 5.41 Å². The van der Waals surface area contributed by atoms with E-state index in [1.807, 2.05) is 0 Å². The molecule has 0 rings (SSSR count). The predicted molar refractivity (Wildman–Crippen MR) is 37.9 cm³/mol.